The van der Waals surface area contributed by atoms with Crippen LogP contribution in [-0.4, -0.2) is 29.2 Å². The Kier molecular flexibility index (Phi) is 4.22. The minimum absolute atomic E-state index is 0.175. The zero-order valence-corrected chi connectivity index (χ0v) is 10.0. The van der Waals surface area contributed by atoms with Crippen molar-refractivity contribution in [3.05, 3.63) is 12.7 Å². The van der Waals surface area contributed by atoms with E-state index >= 15 is 0 Å². The Hall–Kier alpha value is -0.970. The van der Waals surface area contributed by atoms with E-state index in [4.69, 9.17) is 0 Å². The molecule has 0 rings (SSSR count). The molecule has 0 fully saturated rings. The van der Waals surface area contributed by atoms with Crippen LogP contribution in [0.2, 0.25) is 0 Å². The molecule has 16 heavy (non-hydrogen) atoms. The molecular formula is C11H18F2O3. The smallest absolute Gasteiger partial charge is 0.380 e. The molecule has 0 aromatic carbocycles. The summed E-state index contributed by atoms with van der Waals surface area (Å²) in [4.78, 5) is 11.1. The van der Waals surface area contributed by atoms with Gasteiger partial charge in [0, 0.05) is 5.41 Å². The van der Waals surface area contributed by atoms with Crippen LogP contribution in [0.25, 0.3) is 0 Å². The van der Waals surface area contributed by atoms with Gasteiger partial charge < -0.3 is 9.84 Å². The number of halogens is 2. The van der Waals surface area contributed by atoms with E-state index in [0.717, 1.165) is 0 Å². The summed E-state index contributed by atoms with van der Waals surface area (Å²) in [6.45, 7) is 8.58. The van der Waals surface area contributed by atoms with Gasteiger partial charge >= 0.3 is 11.9 Å². The van der Waals surface area contributed by atoms with Gasteiger partial charge in [-0.2, -0.15) is 8.78 Å². The molecule has 0 heterocycles. The first-order valence-corrected chi connectivity index (χ1v) is 4.95. The molecule has 5 heteroatoms. The van der Waals surface area contributed by atoms with Crippen LogP contribution in [-0.2, 0) is 9.53 Å². The number of alkyl halides is 2. The van der Waals surface area contributed by atoms with E-state index in [1.165, 1.54) is 27.7 Å². The maximum absolute atomic E-state index is 13.8. The highest BCUT2D eigenvalue weighted by atomic mass is 19.3. The molecule has 94 valence electrons. The molecule has 0 amide bonds. The quantitative estimate of drug-likeness (QED) is 0.601. The van der Waals surface area contributed by atoms with Gasteiger partial charge in [-0.15, -0.1) is 0 Å². The number of hydrogen-bond acceptors (Lipinski definition) is 3. The van der Waals surface area contributed by atoms with Crippen molar-refractivity contribution in [3.8, 4) is 0 Å². The largest absolute Gasteiger partial charge is 0.461 e. The van der Waals surface area contributed by atoms with Gasteiger partial charge in [0.25, 0.3) is 0 Å². The summed E-state index contributed by atoms with van der Waals surface area (Å²) in [7, 11) is 0. The van der Waals surface area contributed by atoms with E-state index in [1.807, 2.05) is 0 Å². The van der Waals surface area contributed by atoms with E-state index in [2.05, 4.69) is 11.3 Å². The van der Waals surface area contributed by atoms with E-state index in [9.17, 15) is 18.7 Å². The zero-order chi connectivity index (χ0) is 13.2. The maximum Gasteiger partial charge on any atom is 0.380 e. The highest BCUT2D eigenvalue weighted by Crippen LogP contribution is 2.43. The molecule has 0 bridgehead atoms. The second kappa shape index (κ2) is 4.49. The minimum atomic E-state index is -4.02. The summed E-state index contributed by atoms with van der Waals surface area (Å²) >= 11 is 0. The number of hydrogen-bond donors (Lipinski definition) is 1. The Morgan fingerprint density at radius 3 is 2.12 bits per heavy atom. The lowest BCUT2D eigenvalue weighted by atomic mass is 9.72. The topological polar surface area (TPSA) is 46.5 Å². The Bertz CT molecular complexity index is 281. The van der Waals surface area contributed by atoms with Gasteiger partial charge in [-0.3, -0.25) is 0 Å². The minimum Gasteiger partial charge on any atom is -0.461 e. The number of carbonyl (C=O) groups is 1. The Morgan fingerprint density at radius 1 is 1.44 bits per heavy atom. The molecule has 1 atom stereocenters. The fourth-order valence-electron chi connectivity index (χ4n) is 1.28. The maximum atomic E-state index is 13.8. The van der Waals surface area contributed by atoms with Gasteiger partial charge in [-0.05, 0) is 6.92 Å². The molecule has 0 aliphatic heterocycles. The highest BCUT2D eigenvalue weighted by Gasteiger charge is 2.63. The Labute approximate surface area is 94.1 Å². The average molecular weight is 236 g/mol. The molecule has 1 N–H and O–H groups in total. The van der Waals surface area contributed by atoms with Crippen LogP contribution < -0.4 is 0 Å². The lowest BCUT2D eigenvalue weighted by molar-refractivity contribution is -0.222. The Balaban J connectivity index is 5.39. The molecule has 0 saturated carbocycles. The lowest BCUT2D eigenvalue weighted by Gasteiger charge is -2.41. The van der Waals surface area contributed by atoms with Crippen molar-refractivity contribution in [1.82, 2.24) is 0 Å². The SMILES string of the molecule is C=CC(O)(C(C)(C)C)C(F)(F)C(=O)OCC. The lowest BCUT2D eigenvalue weighted by Crippen LogP contribution is -2.59. The van der Waals surface area contributed by atoms with Crippen molar-refractivity contribution in [2.75, 3.05) is 6.61 Å². The van der Waals surface area contributed by atoms with Gasteiger partial charge in [0.05, 0.1) is 6.61 Å². The van der Waals surface area contributed by atoms with Crippen molar-refractivity contribution < 1.29 is 23.4 Å². The van der Waals surface area contributed by atoms with E-state index < -0.39 is 22.9 Å². The van der Waals surface area contributed by atoms with Crippen LogP contribution in [0, 0.1) is 5.41 Å². The summed E-state index contributed by atoms with van der Waals surface area (Å²) < 4.78 is 31.8. The van der Waals surface area contributed by atoms with Crippen LogP contribution in [0.3, 0.4) is 0 Å². The van der Waals surface area contributed by atoms with Gasteiger partial charge in [0.15, 0.2) is 5.60 Å². The fraction of sp³-hybridized carbons (Fsp3) is 0.727. The first-order chi connectivity index (χ1) is 7.04. The van der Waals surface area contributed by atoms with Crippen LogP contribution in [0.1, 0.15) is 27.7 Å². The van der Waals surface area contributed by atoms with E-state index in [-0.39, 0.29) is 6.61 Å². The van der Waals surface area contributed by atoms with Crippen LogP contribution in [0.15, 0.2) is 12.7 Å². The molecule has 0 saturated heterocycles. The predicted molar refractivity (Wildman–Crippen MR) is 56.2 cm³/mol. The predicted octanol–water partition coefficient (Wildman–Crippen LogP) is 2.15. The van der Waals surface area contributed by atoms with E-state index in [0.29, 0.717) is 6.08 Å². The van der Waals surface area contributed by atoms with E-state index in [1.54, 1.807) is 0 Å². The molecule has 0 aromatic heterocycles. The number of carbonyl (C=O) groups excluding carboxylic acids is 1. The monoisotopic (exact) mass is 236 g/mol. The molecule has 0 radical (unpaired) electrons. The zero-order valence-electron chi connectivity index (χ0n) is 10.0. The van der Waals surface area contributed by atoms with Gasteiger partial charge in [-0.1, -0.05) is 33.4 Å². The summed E-state index contributed by atoms with van der Waals surface area (Å²) in [6.07, 6.45) is 0.684. The second-order valence-corrected chi connectivity index (χ2v) is 4.52. The normalized spacial score (nSPS) is 16.4. The van der Waals surface area contributed by atoms with Crippen LogP contribution >= 0.6 is 0 Å². The van der Waals surface area contributed by atoms with Gasteiger partial charge in [-0.25, -0.2) is 4.79 Å². The van der Waals surface area contributed by atoms with Crippen molar-refractivity contribution in [2.24, 2.45) is 5.41 Å². The van der Waals surface area contributed by atoms with Gasteiger partial charge in [0.2, 0.25) is 0 Å². The van der Waals surface area contributed by atoms with Crippen molar-refractivity contribution >= 4 is 5.97 Å². The third-order valence-corrected chi connectivity index (χ3v) is 2.45. The van der Waals surface area contributed by atoms with Crippen LogP contribution in [0.5, 0.6) is 0 Å². The molecule has 1 unspecified atom stereocenters. The summed E-state index contributed by atoms with van der Waals surface area (Å²) in [5, 5.41) is 9.91. The summed E-state index contributed by atoms with van der Waals surface area (Å²) in [6, 6.07) is 0. The molecule has 0 aromatic rings. The molecule has 0 spiro atoms. The first-order valence-electron chi connectivity index (χ1n) is 4.95. The summed E-state index contributed by atoms with van der Waals surface area (Å²) in [5.41, 5.74) is -3.89. The number of aliphatic hydroxyl groups is 1. The molecular weight excluding hydrogens is 218 g/mol. The fourth-order valence-corrected chi connectivity index (χ4v) is 1.28. The van der Waals surface area contributed by atoms with Gasteiger partial charge in [0.1, 0.15) is 0 Å². The summed E-state index contributed by atoms with van der Waals surface area (Å²) in [5.74, 6) is -5.77. The van der Waals surface area contributed by atoms with Crippen LogP contribution in [0.4, 0.5) is 8.78 Å². The molecule has 3 nitrogen and oxygen atoms in total. The third kappa shape index (κ3) is 2.24. The number of esters is 1. The highest BCUT2D eigenvalue weighted by molar-refractivity contribution is 5.80. The average Bonchev–Trinajstić information content (AvgIpc) is 2.14. The Morgan fingerprint density at radius 2 is 1.88 bits per heavy atom. The van der Waals surface area contributed by atoms with Crippen molar-refractivity contribution in [1.29, 1.82) is 0 Å². The molecule has 0 aliphatic carbocycles. The third-order valence-electron chi connectivity index (χ3n) is 2.45. The number of ether oxygens (including phenoxy) is 1. The van der Waals surface area contributed by atoms with Crippen molar-refractivity contribution in [3.63, 3.8) is 0 Å². The van der Waals surface area contributed by atoms with Crippen molar-refractivity contribution in [2.45, 2.75) is 39.2 Å². The first kappa shape index (κ1) is 15.0. The second-order valence-electron chi connectivity index (χ2n) is 4.52. The molecule has 0 aliphatic rings. The standard InChI is InChI=1S/C11H18F2O3/c1-6-10(15,9(3,4)5)11(12,13)8(14)16-7-2/h6,15H,1,7H2,2-5H3. The number of rotatable bonds is 4.